The highest BCUT2D eigenvalue weighted by molar-refractivity contribution is 7.92. The Morgan fingerprint density at radius 3 is 2.22 bits per heavy atom. The van der Waals surface area contributed by atoms with E-state index in [0.717, 1.165) is 22.9 Å². The number of benzene rings is 2. The minimum atomic E-state index is -4.26. The summed E-state index contributed by atoms with van der Waals surface area (Å²) in [5, 5.41) is 5.21. The van der Waals surface area contributed by atoms with Gasteiger partial charge in [-0.2, -0.15) is 0 Å². The number of hydrogen-bond acceptors (Lipinski definition) is 9. The van der Waals surface area contributed by atoms with Crippen molar-refractivity contribution in [3.05, 3.63) is 116 Å². The highest BCUT2D eigenvalue weighted by atomic mass is 32.2. The number of nitrogens with one attached hydrogen (secondary N) is 3. The third-order valence-electron chi connectivity index (χ3n) is 7.23. The Balaban J connectivity index is 1.50. The molecule has 0 fully saturated rings. The average molecular weight is 723 g/mol. The number of hydrogen-bond donors (Lipinski definition) is 3. The van der Waals surface area contributed by atoms with E-state index < -0.39 is 68.1 Å². The summed E-state index contributed by atoms with van der Waals surface area (Å²) in [4.78, 5) is 67.5. The Labute approximate surface area is 293 Å². The Kier molecular flexibility index (Phi) is 11.3. The van der Waals surface area contributed by atoms with E-state index in [1.165, 1.54) is 48.1 Å². The van der Waals surface area contributed by atoms with Crippen LogP contribution in [0, 0.1) is 12.7 Å². The molecule has 0 radical (unpaired) electrons. The van der Waals surface area contributed by atoms with Gasteiger partial charge in [-0.1, -0.05) is 12.1 Å². The molecule has 0 saturated heterocycles. The third-order valence-corrected chi connectivity index (χ3v) is 8.60. The number of carbonyl (C=O) groups excluding carboxylic acids is 3. The van der Waals surface area contributed by atoms with Gasteiger partial charge in [-0.25, -0.2) is 31.9 Å². The number of rotatable bonds is 11. The lowest BCUT2D eigenvalue weighted by molar-refractivity contribution is -0.149. The van der Waals surface area contributed by atoms with Crippen LogP contribution in [0.15, 0.2) is 81.5 Å². The van der Waals surface area contributed by atoms with Gasteiger partial charge < -0.3 is 19.9 Å². The van der Waals surface area contributed by atoms with Crippen molar-refractivity contribution in [3.8, 4) is 5.69 Å². The largest absolute Gasteiger partial charge is 0.461 e. The lowest BCUT2D eigenvalue weighted by Crippen LogP contribution is -2.44. The van der Waals surface area contributed by atoms with Crippen molar-refractivity contribution in [2.24, 2.45) is 7.05 Å². The maximum atomic E-state index is 15.2. The summed E-state index contributed by atoms with van der Waals surface area (Å²) in [5.41, 5.74) is -1.02. The van der Waals surface area contributed by atoms with E-state index in [-0.39, 0.29) is 22.7 Å². The number of anilines is 1. The van der Waals surface area contributed by atoms with Gasteiger partial charge in [0, 0.05) is 37.0 Å². The minimum absolute atomic E-state index is 0.00377. The molecule has 0 aliphatic carbocycles. The van der Waals surface area contributed by atoms with Gasteiger partial charge in [-0.15, -0.1) is 0 Å². The Morgan fingerprint density at radius 2 is 1.65 bits per heavy atom. The number of esters is 1. The van der Waals surface area contributed by atoms with E-state index in [9.17, 15) is 32.4 Å². The zero-order valence-corrected chi connectivity index (χ0v) is 29.9. The van der Waals surface area contributed by atoms with E-state index in [1.54, 1.807) is 53.7 Å². The second kappa shape index (κ2) is 15.1. The molecule has 0 aliphatic rings. The zero-order chi connectivity index (χ0) is 37.8. The van der Waals surface area contributed by atoms with Gasteiger partial charge in [0.15, 0.2) is 0 Å². The normalized spacial score (nSPS) is 12.3. The predicted octanol–water partition coefficient (Wildman–Crippen LogP) is 3.00. The number of halogens is 1. The zero-order valence-electron chi connectivity index (χ0n) is 29.1. The lowest BCUT2D eigenvalue weighted by atomic mass is 10.0. The number of carbonyl (C=O) groups is 3. The highest BCUT2D eigenvalue weighted by Crippen LogP contribution is 2.20. The fraction of sp³-hybridized carbons (Fsp3) is 0.314. The van der Waals surface area contributed by atoms with Crippen LogP contribution in [-0.2, 0) is 33.0 Å². The predicted molar refractivity (Wildman–Crippen MR) is 187 cm³/mol. The van der Waals surface area contributed by atoms with E-state index in [4.69, 9.17) is 4.74 Å². The van der Waals surface area contributed by atoms with Crippen molar-refractivity contribution in [1.29, 1.82) is 0 Å². The number of sulfonamides is 1. The molecule has 4 aromatic rings. The maximum absolute atomic E-state index is 15.2. The number of nitrogens with zero attached hydrogens (tertiary/aromatic N) is 3. The Morgan fingerprint density at radius 1 is 0.980 bits per heavy atom. The van der Waals surface area contributed by atoms with Crippen LogP contribution < -0.4 is 26.6 Å². The van der Waals surface area contributed by atoms with Crippen LogP contribution in [-0.4, -0.2) is 58.0 Å². The molecule has 3 N–H and O–H groups in total. The smallest absolute Gasteiger partial charge is 0.335 e. The van der Waals surface area contributed by atoms with Gasteiger partial charge >= 0.3 is 11.7 Å². The molecule has 270 valence electrons. The van der Waals surface area contributed by atoms with Crippen molar-refractivity contribution in [3.63, 3.8) is 0 Å². The molecule has 0 saturated carbocycles. The van der Waals surface area contributed by atoms with Crippen LogP contribution >= 0.6 is 0 Å². The monoisotopic (exact) mass is 722 g/mol. The molecule has 14 nitrogen and oxygen atoms in total. The number of ether oxygens (including phenoxy) is 1. The lowest BCUT2D eigenvalue weighted by Gasteiger charge is -2.20. The van der Waals surface area contributed by atoms with Crippen molar-refractivity contribution < 1.29 is 31.9 Å². The molecule has 16 heteroatoms. The van der Waals surface area contributed by atoms with Crippen LogP contribution in [0.3, 0.4) is 0 Å². The summed E-state index contributed by atoms with van der Waals surface area (Å²) in [5.74, 6) is -3.32. The second-order valence-corrected chi connectivity index (χ2v) is 14.8. The average Bonchev–Trinajstić information content (AvgIpc) is 3.03. The summed E-state index contributed by atoms with van der Waals surface area (Å²) >= 11 is 0. The molecule has 2 amide bonds. The van der Waals surface area contributed by atoms with Crippen LogP contribution in [0.5, 0.6) is 0 Å². The number of aromatic nitrogens is 3. The highest BCUT2D eigenvalue weighted by Gasteiger charge is 2.26. The third kappa shape index (κ3) is 9.54. The van der Waals surface area contributed by atoms with Crippen molar-refractivity contribution in [2.45, 2.75) is 70.5 Å². The second-order valence-electron chi connectivity index (χ2n) is 13.1. The first-order valence-electron chi connectivity index (χ1n) is 15.8. The molecule has 0 unspecified atom stereocenters. The molecule has 2 aromatic carbocycles. The number of amides is 2. The number of pyridine rings is 1. The van der Waals surface area contributed by atoms with Crippen LogP contribution in [0.4, 0.5) is 10.1 Å². The quantitative estimate of drug-likeness (QED) is 0.196. The standard InChI is InChI=1S/C35H39FN6O8S/c1-20(2)50-33(46)29(16-22-8-11-24(12-9-22)42-32(45)21(3)19-41(7)34(42)47)38-30(43)26-14-10-23(17-27(26)36)40-51(48,49)25-13-15-28(37-18-25)31(44)39-35(4,5)6/h8-15,17-20,29,40H,16H2,1-7H3,(H,38,43)(H,39,44)/t29-/m0/s1. The van der Waals surface area contributed by atoms with Gasteiger partial charge in [0.2, 0.25) is 0 Å². The minimum Gasteiger partial charge on any atom is -0.461 e. The number of aryl methyl sites for hydroxylation is 2. The van der Waals surface area contributed by atoms with E-state index >= 15 is 4.39 Å². The van der Waals surface area contributed by atoms with Crippen LogP contribution in [0.1, 0.15) is 66.6 Å². The molecule has 0 spiro atoms. The van der Waals surface area contributed by atoms with Crippen LogP contribution in [0.2, 0.25) is 0 Å². The Bertz CT molecular complexity index is 2160. The van der Waals surface area contributed by atoms with Crippen LogP contribution in [0.25, 0.3) is 5.69 Å². The Hall–Kier alpha value is -5.64. The fourth-order valence-corrected chi connectivity index (χ4v) is 5.86. The maximum Gasteiger partial charge on any atom is 0.335 e. The van der Waals surface area contributed by atoms with Crippen molar-refractivity contribution >= 4 is 33.5 Å². The summed E-state index contributed by atoms with van der Waals surface area (Å²) in [6.45, 7) is 10.2. The van der Waals surface area contributed by atoms with E-state index in [0.29, 0.717) is 16.8 Å². The molecule has 51 heavy (non-hydrogen) atoms. The fourth-order valence-electron chi connectivity index (χ4n) is 4.87. The van der Waals surface area contributed by atoms with Crippen molar-refractivity contribution in [2.75, 3.05) is 4.72 Å². The molecular formula is C35H39FN6O8S. The molecule has 4 rings (SSSR count). The first-order valence-corrected chi connectivity index (χ1v) is 17.2. The van der Waals surface area contributed by atoms with Crippen molar-refractivity contribution in [1.82, 2.24) is 24.8 Å². The van der Waals surface area contributed by atoms with E-state index in [1.807, 2.05) is 0 Å². The topological polar surface area (TPSA) is 188 Å². The molecule has 0 bridgehead atoms. The molecular weight excluding hydrogens is 683 g/mol. The summed E-state index contributed by atoms with van der Waals surface area (Å²) in [6, 6.07) is 10.4. The SMILES string of the molecule is Cc1cn(C)c(=O)n(-c2ccc(C[C@H](NC(=O)c3ccc(NS(=O)(=O)c4ccc(C(=O)NC(C)(C)C)nc4)cc3F)C(=O)OC(C)C)cc2)c1=O. The van der Waals surface area contributed by atoms with Gasteiger partial charge in [0.1, 0.15) is 22.4 Å². The summed E-state index contributed by atoms with van der Waals surface area (Å²) in [6.07, 6.45) is 1.82. The van der Waals surface area contributed by atoms with E-state index in [2.05, 4.69) is 20.3 Å². The van der Waals surface area contributed by atoms with Gasteiger partial charge in [0.25, 0.3) is 27.4 Å². The van der Waals surface area contributed by atoms with Gasteiger partial charge in [-0.3, -0.25) is 19.1 Å². The molecule has 2 aromatic heterocycles. The first kappa shape index (κ1) is 38.2. The first-order chi connectivity index (χ1) is 23.8. The summed E-state index contributed by atoms with van der Waals surface area (Å²) < 4.78 is 51.0. The summed E-state index contributed by atoms with van der Waals surface area (Å²) in [7, 11) is -2.73. The molecule has 2 heterocycles. The molecule has 1 atom stereocenters. The molecule has 0 aliphatic heterocycles. The van der Waals surface area contributed by atoms with Gasteiger partial charge in [-0.05, 0) is 89.6 Å². The van der Waals surface area contributed by atoms with Gasteiger partial charge in [0.05, 0.1) is 23.0 Å².